The number of benzene rings is 2. The van der Waals surface area contributed by atoms with Gasteiger partial charge in [-0.15, -0.1) is 0 Å². The third-order valence-corrected chi connectivity index (χ3v) is 5.21. The van der Waals surface area contributed by atoms with Gasteiger partial charge in [0.25, 0.3) is 0 Å². The summed E-state index contributed by atoms with van der Waals surface area (Å²) in [5, 5.41) is 5.78. The van der Waals surface area contributed by atoms with E-state index >= 15 is 0 Å². The van der Waals surface area contributed by atoms with Crippen molar-refractivity contribution in [2.45, 2.75) is 39.2 Å². The Hall–Kier alpha value is -1.77. The van der Waals surface area contributed by atoms with Gasteiger partial charge < -0.3 is 10.3 Å². The number of rotatable bonds is 3. The number of halogens is 1. The first kappa shape index (κ1) is 17.1. The molecule has 1 aliphatic heterocycles. The van der Waals surface area contributed by atoms with Crippen LogP contribution in [0.1, 0.15) is 49.6 Å². The molecule has 126 valence electrons. The highest BCUT2D eigenvalue weighted by Gasteiger charge is 2.25. The van der Waals surface area contributed by atoms with Gasteiger partial charge >= 0.3 is 0 Å². The number of hydrogen-bond acceptors (Lipinski definition) is 1. The molecule has 0 saturated carbocycles. The Morgan fingerprint density at radius 2 is 1.96 bits per heavy atom. The maximum absolute atomic E-state index is 6.19. The van der Waals surface area contributed by atoms with Crippen molar-refractivity contribution in [2.24, 2.45) is 0 Å². The second-order valence-electron chi connectivity index (χ2n) is 6.51. The van der Waals surface area contributed by atoms with Crippen LogP contribution in [0.2, 0.25) is 5.02 Å². The smallest absolute Gasteiger partial charge is 0.0481 e. The van der Waals surface area contributed by atoms with Gasteiger partial charge in [0.1, 0.15) is 0 Å². The van der Waals surface area contributed by atoms with Gasteiger partial charge in [0, 0.05) is 27.7 Å². The summed E-state index contributed by atoms with van der Waals surface area (Å²) in [5.41, 5.74) is 5.38. The Kier molecular flexibility index (Phi) is 4.98. The van der Waals surface area contributed by atoms with Gasteiger partial charge in [0.05, 0.1) is 0 Å². The lowest BCUT2D eigenvalue weighted by atomic mass is 9.89. The van der Waals surface area contributed by atoms with E-state index in [0.717, 1.165) is 24.4 Å². The first-order valence-corrected chi connectivity index (χ1v) is 8.68. The van der Waals surface area contributed by atoms with E-state index in [1.807, 2.05) is 6.07 Å². The van der Waals surface area contributed by atoms with Crippen LogP contribution in [-0.2, 0) is 6.42 Å². The van der Waals surface area contributed by atoms with Crippen molar-refractivity contribution in [2.75, 3.05) is 6.54 Å². The molecule has 2 nitrogen and oxygen atoms in total. The van der Waals surface area contributed by atoms with Crippen LogP contribution in [0.15, 0.2) is 48.5 Å². The highest BCUT2D eigenvalue weighted by atomic mass is 35.5. The molecule has 3 heteroatoms. The van der Waals surface area contributed by atoms with Crippen molar-refractivity contribution in [3.05, 3.63) is 70.4 Å². The highest BCUT2D eigenvalue weighted by molar-refractivity contribution is 6.31. The molecule has 0 bridgehead atoms. The van der Waals surface area contributed by atoms with Gasteiger partial charge in [0.2, 0.25) is 0 Å². The van der Waals surface area contributed by atoms with Gasteiger partial charge in [-0.05, 0) is 54.6 Å². The zero-order valence-electron chi connectivity index (χ0n) is 13.3. The van der Waals surface area contributed by atoms with Gasteiger partial charge in [-0.1, -0.05) is 56.3 Å². The summed E-state index contributed by atoms with van der Waals surface area (Å²) in [6.07, 6.45) is 2.16. The molecule has 3 aromatic rings. The number of nitrogens with one attached hydrogen (secondary N) is 2. The molecule has 1 aliphatic rings. The summed E-state index contributed by atoms with van der Waals surface area (Å²) in [4.78, 5) is 3.63. The molecule has 2 unspecified atom stereocenters. The van der Waals surface area contributed by atoms with Crippen LogP contribution in [0.25, 0.3) is 10.9 Å². The van der Waals surface area contributed by atoms with Crippen LogP contribution in [-0.4, -0.2) is 11.5 Å². The van der Waals surface area contributed by atoms with E-state index in [0.29, 0.717) is 12.0 Å². The molecule has 4 rings (SSSR count). The molecule has 0 amide bonds. The minimum atomic E-state index is 0. The van der Waals surface area contributed by atoms with Gasteiger partial charge in [-0.2, -0.15) is 0 Å². The van der Waals surface area contributed by atoms with Crippen molar-refractivity contribution in [3.8, 4) is 0 Å². The quantitative estimate of drug-likeness (QED) is 0.616. The molecule has 0 radical (unpaired) electrons. The SMILES string of the molecule is C.CC(CC1NCCc2c1[nH]c1ccc(Cl)cc21)c1ccccc1. The third kappa shape index (κ3) is 3.09. The standard InChI is InChI=1S/C20H21ClN2.CH4/c1-13(14-5-3-2-4-6-14)11-19-20-16(9-10-22-19)17-12-15(21)7-8-18(17)23-20;/h2-8,12-13,19,22-23H,9-11H2,1H3;1H4. The Bertz CT molecular complexity index is 822. The predicted octanol–water partition coefficient (Wildman–Crippen LogP) is 5.84. The van der Waals surface area contributed by atoms with E-state index in [1.165, 1.54) is 27.7 Å². The fraction of sp³-hybridized carbons (Fsp3) is 0.333. The monoisotopic (exact) mass is 340 g/mol. The maximum Gasteiger partial charge on any atom is 0.0481 e. The van der Waals surface area contributed by atoms with E-state index in [9.17, 15) is 0 Å². The third-order valence-electron chi connectivity index (χ3n) is 4.97. The van der Waals surface area contributed by atoms with Crippen LogP contribution in [0.3, 0.4) is 0 Å². The molecule has 2 atom stereocenters. The highest BCUT2D eigenvalue weighted by Crippen LogP contribution is 2.36. The predicted molar refractivity (Wildman–Crippen MR) is 104 cm³/mol. The van der Waals surface area contributed by atoms with E-state index in [-0.39, 0.29) is 7.43 Å². The van der Waals surface area contributed by atoms with Crippen LogP contribution in [0.4, 0.5) is 0 Å². The zero-order chi connectivity index (χ0) is 15.8. The van der Waals surface area contributed by atoms with Crippen LogP contribution in [0, 0.1) is 0 Å². The summed E-state index contributed by atoms with van der Waals surface area (Å²) in [6, 6.07) is 17.3. The summed E-state index contributed by atoms with van der Waals surface area (Å²) >= 11 is 6.19. The molecular weight excluding hydrogens is 316 g/mol. The normalized spacial score (nSPS) is 18.0. The van der Waals surface area contributed by atoms with Crippen molar-refractivity contribution < 1.29 is 0 Å². The number of aromatic amines is 1. The fourth-order valence-electron chi connectivity index (χ4n) is 3.75. The first-order chi connectivity index (χ1) is 11.2. The lowest BCUT2D eigenvalue weighted by Gasteiger charge is -2.27. The van der Waals surface area contributed by atoms with Gasteiger partial charge in [0.15, 0.2) is 0 Å². The van der Waals surface area contributed by atoms with Gasteiger partial charge in [-0.3, -0.25) is 0 Å². The molecule has 1 aromatic heterocycles. The molecular formula is C21H25ClN2. The van der Waals surface area contributed by atoms with Crippen LogP contribution >= 0.6 is 11.6 Å². The van der Waals surface area contributed by atoms with E-state index in [1.54, 1.807) is 0 Å². The average Bonchev–Trinajstić information content (AvgIpc) is 2.95. The van der Waals surface area contributed by atoms with E-state index < -0.39 is 0 Å². The average molecular weight is 341 g/mol. The van der Waals surface area contributed by atoms with Crippen molar-refractivity contribution in [1.29, 1.82) is 0 Å². The molecule has 2 heterocycles. The second kappa shape index (κ2) is 7.00. The Balaban J connectivity index is 0.00000169. The van der Waals surface area contributed by atoms with Crippen LogP contribution < -0.4 is 5.32 Å². The minimum absolute atomic E-state index is 0. The molecule has 2 N–H and O–H groups in total. The fourth-order valence-corrected chi connectivity index (χ4v) is 3.93. The Labute approximate surface area is 149 Å². The molecule has 24 heavy (non-hydrogen) atoms. The minimum Gasteiger partial charge on any atom is -0.357 e. The largest absolute Gasteiger partial charge is 0.357 e. The molecule has 0 aliphatic carbocycles. The van der Waals surface area contributed by atoms with E-state index in [2.05, 4.69) is 59.7 Å². The number of fused-ring (bicyclic) bond motifs is 3. The lowest BCUT2D eigenvalue weighted by Crippen LogP contribution is -2.30. The Morgan fingerprint density at radius 1 is 1.17 bits per heavy atom. The summed E-state index contributed by atoms with van der Waals surface area (Å²) < 4.78 is 0. The van der Waals surface area contributed by atoms with Gasteiger partial charge in [-0.25, -0.2) is 0 Å². The van der Waals surface area contributed by atoms with Crippen molar-refractivity contribution in [3.63, 3.8) is 0 Å². The van der Waals surface area contributed by atoms with Crippen LogP contribution in [0.5, 0.6) is 0 Å². The van der Waals surface area contributed by atoms with Crippen molar-refractivity contribution >= 4 is 22.5 Å². The molecule has 0 spiro atoms. The Morgan fingerprint density at radius 3 is 2.75 bits per heavy atom. The first-order valence-electron chi connectivity index (χ1n) is 8.30. The van der Waals surface area contributed by atoms with Crippen molar-refractivity contribution in [1.82, 2.24) is 10.3 Å². The molecule has 2 aromatic carbocycles. The summed E-state index contributed by atoms with van der Waals surface area (Å²) in [5.74, 6) is 0.523. The summed E-state index contributed by atoms with van der Waals surface area (Å²) in [6.45, 7) is 3.34. The topological polar surface area (TPSA) is 27.8 Å². The number of H-pyrrole nitrogens is 1. The number of aromatic nitrogens is 1. The lowest BCUT2D eigenvalue weighted by molar-refractivity contribution is 0.440. The second-order valence-corrected chi connectivity index (χ2v) is 6.95. The van der Waals surface area contributed by atoms with E-state index in [4.69, 9.17) is 11.6 Å². The summed E-state index contributed by atoms with van der Waals surface area (Å²) in [7, 11) is 0. The zero-order valence-corrected chi connectivity index (χ0v) is 14.0. The molecule has 0 saturated heterocycles. The molecule has 0 fully saturated rings. The number of hydrogen-bond donors (Lipinski definition) is 2. The maximum atomic E-state index is 6.19.